The van der Waals surface area contributed by atoms with Crippen molar-refractivity contribution in [2.24, 2.45) is 5.92 Å². The molecule has 130 valence electrons. The molecule has 0 amide bonds. The van der Waals surface area contributed by atoms with Gasteiger partial charge in [0.25, 0.3) is 0 Å². The van der Waals surface area contributed by atoms with Gasteiger partial charge < -0.3 is 9.84 Å². The SMILES string of the molecule is CC#CCOc1ccc(S(=O)(=O)N[C@@H]2CCCC[C@H]2C(=O)O)cc1. The molecule has 1 aliphatic carbocycles. The molecule has 1 aliphatic rings. The van der Waals surface area contributed by atoms with Crippen molar-refractivity contribution in [3.05, 3.63) is 24.3 Å². The molecule has 0 saturated heterocycles. The fourth-order valence-electron chi connectivity index (χ4n) is 2.74. The zero-order valence-corrected chi connectivity index (χ0v) is 14.3. The number of carboxylic acid groups (broad SMARTS) is 1. The van der Waals surface area contributed by atoms with E-state index in [9.17, 15) is 18.3 Å². The number of rotatable bonds is 6. The van der Waals surface area contributed by atoms with E-state index >= 15 is 0 Å². The average Bonchev–Trinajstić information content (AvgIpc) is 2.55. The first-order valence-corrected chi connectivity index (χ1v) is 9.30. The van der Waals surface area contributed by atoms with Gasteiger partial charge in [-0.15, -0.1) is 5.92 Å². The lowest BCUT2D eigenvalue weighted by Crippen LogP contribution is -2.44. The van der Waals surface area contributed by atoms with E-state index in [2.05, 4.69) is 16.6 Å². The van der Waals surface area contributed by atoms with Gasteiger partial charge in [0.05, 0.1) is 10.8 Å². The summed E-state index contributed by atoms with van der Waals surface area (Å²) in [5, 5.41) is 9.25. The van der Waals surface area contributed by atoms with Crippen molar-refractivity contribution in [3.63, 3.8) is 0 Å². The third-order valence-electron chi connectivity index (χ3n) is 4.01. The molecule has 2 N–H and O–H groups in total. The number of aliphatic carboxylic acids is 1. The van der Waals surface area contributed by atoms with Gasteiger partial charge in [0.1, 0.15) is 12.4 Å². The molecular weight excluding hydrogens is 330 g/mol. The molecule has 0 aliphatic heterocycles. The third-order valence-corrected chi connectivity index (χ3v) is 5.52. The quantitative estimate of drug-likeness (QED) is 0.765. The van der Waals surface area contributed by atoms with Crippen molar-refractivity contribution in [1.82, 2.24) is 4.72 Å². The van der Waals surface area contributed by atoms with E-state index in [1.54, 1.807) is 19.1 Å². The molecule has 0 spiro atoms. The molecule has 1 aromatic rings. The highest BCUT2D eigenvalue weighted by Gasteiger charge is 2.33. The maximum absolute atomic E-state index is 12.5. The van der Waals surface area contributed by atoms with Crippen molar-refractivity contribution in [3.8, 4) is 17.6 Å². The molecule has 0 unspecified atom stereocenters. The first-order valence-electron chi connectivity index (χ1n) is 7.81. The first-order chi connectivity index (χ1) is 11.4. The summed E-state index contributed by atoms with van der Waals surface area (Å²) in [6, 6.07) is 5.42. The Morgan fingerprint density at radius 1 is 1.29 bits per heavy atom. The molecule has 6 nitrogen and oxygen atoms in total. The Bertz CT molecular complexity index is 730. The highest BCUT2D eigenvalue weighted by Crippen LogP contribution is 2.26. The van der Waals surface area contributed by atoms with Crippen LogP contribution in [0.1, 0.15) is 32.6 Å². The van der Waals surface area contributed by atoms with Gasteiger partial charge in [-0.3, -0.25) is 4.79 Å². The van der Waals surface area contributed by atoms with Crippen LogP contribution in [0.25, 0.3) is 0 Å². The minimum atomic E-state index is -3.77. The van der Waals surface area contributed by atoms with Crippen LogP contribution in [0.2, 0.25) is 0 Å². The summed E-state index contributed by atoms with van der Waals surface area (Å²) in [6.45, 7) is 1.95. The van der Waals surface area contributed by atoms with Crippen molar-refractivity contribution in [2.45, 2.75) is 43.5 Å². The molecular formula is C17H21NO5S. The molecule has 24 heavy (non-hydrogen) atoms. The van der Waals surface area contributed by atoms with Gasteiger partial charge in [-0.1, -0.05) is 18.8 Å². The van der Waals surface area contributed by atoms with Gasteiger partial charge in [-0.25, -0.2) is 13.1 Å². The fourth-order valence-corrected chi connectivity index (χ4v) is 4.05. The maximum atomic E-state index is 12.5. The van der Waals surface area contributed by atoms with E-state index in [0.717, 1.165) is 12.8 Å². The topological polar surface area (TPSA) is 92.7 Å². The number of hydrogen-bond donors (Lipinski definition) is 2. The van der Waals surface area contributed by atoms with E-state index in [-0.39, 0.29) is 11.5 Å². The molecule has 2 rings (SSSR count). The number of nitrogens with one attached hydrogen (secondary N) is 1. The summed E-state index contributed by atoms with van der Waals surface area (Å²) in [6.07, 6.45) is 2.66. The lowest BCUT2D eigenvalue weighted by Gasteiger charge is -2.29. The molecule has 0 bridgehead atoms. The van der Waals surface area contributed by atoms with Crippen LogP contribution >= 0.6 is 0 Å². The summed E-state index contributed by atoms with van der Waals surface area (Å²) in [5.74, 6) is 4.35. The predicted octanol–water partition coefficient (Wildman–Crippen LogP) is 2.01. The summed E-state index contributed by atoms with van der Waals surface area (Å²) in [7, 11) is -3.77. The number of carbonyl (C=O) groups is 1. The standard InChI is InChI=1S/C17H21NO5S/c1-2-3-12-23-13-8-10-14(11-9-13)24(21,22)18-16-7-5-4-6-15(16)17(19)20/h8-11,15-16,18H,4-7,12H2,1H3,(H,19,20)/t15-,16-/m1/s1. The van der Waals surface area contributed by atoms with Gasteiger partial charge in [-0.2, -0.15) is 0 Å². The Morgan fingerprint density at radius 3 is 2.58 bits per heavy atom. The minimum Gasteiger partial charge on any atom is -0.481 e. The van der Waals surface area contributed by atoms with E-state index in [1.165, 1.54) is 12.1 Å². The normalized spacial score (nSPS) is 20.7. The Morgan fingerprint density at radius 2 is 1.96 bits per heavy atom. The number of hydrogen-bond acceptors (Lipinski definition) is 4. The minimum absolute atomic E-state index is 0.0890. The lowest BCUT2D eigenvalue weighted by molar-refractivity contribution is -0.143. The van der Waals surface area contributed by atoms with E-state index < -0.39 is 28.0 Å². The molecule has 2 atom stereocenters. The third kappa shape index (κ3) is 4.73. The maximum Gasteiger partial charge on any atom is 0.308 e. The molecule has 1 aromatic carbocycles. The molecule has 0 heterocycles. The number of ether oxygens (including phenoxy) is 1. The van der Waals surface area contributed by atoms with Crippen molar-refractivity contribution >= 4 is 16.0 Å². The van der Waals surface area contributed by atoms with E-state index in [4.69, 9.17) is 4.74 Å². The van der Waals surface area contributed by atoms with Crippen LogP contribution in [0, 0.1) is 17.8 Å². The second-order valence-electron chi connectivity index (χ2n) is 5.64. The van der Waals surface area contributed by atoms with E-state index in [1.807, 2.05) is 0 Å². The number of sulfonamides is 1. The van der Waals surface area contributed by atoms with Crippen LogP contribution in [0.4, 0.5) is 0 Å². The number of carboxylic acids is 1. The Hall–Kier alpha value is -2.04. The van der Waals surface area contributed by atoms with Crippen LogP contribution in [0.3, 0.4) is 0 Å². The van der Waals surface area contributed by atoms with E-state index in [0.29, 0.717) is 18.6 Å². The molecule has 1 fully saturated rings. The van der Waals surface area contributed by atoms with Crippen molar-refractivity contribution in [2.75, 3.05) is 6.61 Å². The Kier molecular flexibility index (Phi) is 6.23. The van der Waals surface area contributed by atoms with Crippen LogP contribution < -0.4 is 9.46 Å². The summed E-state index contributed by atoms with van der Waals surface area (Å²) >= 11 is 0. The van der Waals surface area contributed by atoms with Crippen LogP contribution in [-0.4, -0.2) is 32.1 Å². The second-order valence-corrected chi connectivity index (χ2v) is 7.36. The molecule has 7 heteroatoms. The van der Waals surface area contributed by atoms with Gasteiger partial charge in [-0.05, 0) is 44.0 Å². The average molecular weight is 351 g/mol. The zero-order valence-electron chi connectivity index (χ0n) is 13.5. The fraction of sp³-hybridized carbons (Fsp3) is 0.471. The van der Waals surface area contributed by atoms with Gasteiger partial charge in [0.2, 0.25) is 10.0 Å². The van der Waals surface area contributed by atoms with Crippen LogP contribution in [0.15, 0.2) is 29.2 Å². The molecule has 0 radical (unpaired) electrons. The van der Waals surface area contributed by atoms with Gasteiger partial charge >= 0.3 is 5.97 Å². The van der Waals surface area contributed by atoms with Gasteiger partial charge in [0, 0.05) is 6.04 Å². The molecule has 0 aromatic heterocycles. The summed E-state index contributed by atoms with van der Waals surface area (Å²) in [4.78, 5) is 11.4. The number of benzene rings is 1. The Labute approximate surface area is 142 Å². The predicted molar refractivity (Wildman–Crippen MR) is 89.1 cm³/mol. The smallest absolute Gasteiger partial charge is 0.308 e. The zero-order chi connectivity index (χ0) is 17.6. The van der Waals surface area contributed by atoms with Crippen LogP contribution in [-0.2, 0) is 14.8 Å². The first kappa shape index (κ1) is 18.3. The monoisotopic (exact) mass is 351 g/mol. The lowest BCUT2D eigenvalue weighted by atomic mass is 9.85. The summed E-state index contributed by atoms with van der Waals surface area (Å²) in [5.41, 5.74) is 0. The highest BCUT2D eigenvalue weighted by molar-refractivity contribution is 7.89. The summed E-state index contributed by atoms with van der Waals surface area (Å²) < 4.78 is 32.8. The second kappa shape index (κ2) is 8.18. The van der Waals surface area contributed by atoms with Gasteiger partial charge in [0.15, 0.2) is 0 Å². The van der Waals surface area contributed by atoms with Crippen molar-refractivity contribution < 1.29 is 23.1 Å². The van der Waals surface area contributed by atoms with Crippen LogP contribution in [0.5, 0.6) is 5.75 Å². The Balaban J connectivity index is 2.08. The highest BCUT2D eigenvalue weighted by atomic mass is 32.2. The van der Waals surface area contributed by atoms with Crippen molar-refractivity contribution in [1.29, 1.82) is 0 Å². The molecule has 1 saturated carbocycles. The largest absolute Gasteiger partial charge is 0.481 e.